The fraction of sp³-hybridized carbons (Fsp3) is 0.176. The molecule has 0 saturated carbocycles. The standard InChI is InChI=1S/C17H16ClNO5/c1-22-13-5-3-4-11(8-13)17(21)24-10-16(20)19-14-9-12(18)6-7-15(14)23-2/h3-9H,10H2,1-2H3,(H,19,20). The largest absolute Gasteiger partial charge is 0.497 e. The number of hydrogen-bond acceptors (Lipinski definition) is 5. The molecule has 0 heterocycles. The van der Waals surface area contributed by atoms with Gasteiger partial charge in [0.25, 0.3) is 5.91 Å². The van der Waals surface area contributed by atoms with Crippen LogP contribution in [-0.2, 0) is 9.53 Å². The van der Waals surface area contributed by atoms with Crippen LogP contribution in [0.2, 0.25) is 5.02 Å². The first-order chi connectivity index (χ1) is 11.5. The monoisotopic (exact) mass is 349 g/mol. The molecule has 0 unspecified atom stereocenters. The molecule has 0 aliphatic heterocycles. The van der Waals surface area contributed by atoms with E-state index in [9.17, 15) is 9.59 Å². The minimum Gasteiger partial charge on any atom is -0.497 e. The van der Waals surface area contributed by atoms with Crippen LogP contribution in [0.3, 0.4) is 0 Å². The van der Waals surface area contributed by atoms with E-state index in [-0.39, 0.29) is 0 Å². The molecule has 2 rings (SSSR count). The highest BCUT2D eigenvalue weighted by molar-refractivity contribution is 6.31. The van der Waals surface area contributed by atoms with Crippen molar-refractivity contribution in [3.05, 3.63) is 53.1 Å². The number of hydrogen-bond donors (Lipinski definition) is 1. The highest BCUT2D eigenvalue weighted by Crippen LogP contribution is 2.27. The molecule has 7 heteroatoms. The quantitative estimate of drug-likeness (QED) is 0.811. The zero-order chi connectivity index (χ0) is 17.5. The van der Waals surface area contributed by atoms with Gasteiger partial charge in [0.1, 0.15) is 11.5 Å². The summed E-state index contributed by atoms with van der Waals surface area (Å²) in [7, 11) is 2.97. The van der Waals surface area contributed by atoms with Gasteiger partial charge in [0.05, 0.1) is 25.5 Å². The highest BCUT2D eigenvalue weighted by atomic mass is 35.5. The molecule has 1 amide bonds. The highest BCUT2D eigenvalue weighted by Gasteiger charge is 2.13. The Morgan fingerprint density at radius 1 is 1.08 bits per heavy atom. The van der Waals surface area contributed by atoms with Crippen LogP contribution in [0.15, 0.2) is 42.5 Å². The van der Waals surface area contributed by atoms with E-state index in [1.165, 1.54) is 20.3 Å². The molecule has 0 radical (unpaired) electrons. The van der Waals surface area contributed by atoms with Crippen molar-refractivity contribution >= 4 is 29.2 Å². The summed E-state index contributed by atoms with van der Waals surface area (Å²) in [6.45, 7) is -0.439. The Bertz CT molecular complexity index is 748. The van der Waals surface area contributed by atoms with Crippen LogP contribution in [0.25, 0.3) is 0 Å². The zero-order valence-corrected chi connectivity index (χ0v) is 13.9. The molecular weight excluding hydrogens is 334 g/mol. The molecule has 0 aliphatic rings. The topological polar surface area (TPSA) is 73.9 Å². The average Bonchev–Trinajstić information content (AvgIpc) is 2.60. The van der Waals surface area contributed by atoms with Gasteiger partial charge < -0.3 is 19.5 Å². The Balaban J connectivity index is 1.95. The smallest absolute Gasteiger partial charge is 0.338 e. The Hall–Kier alpha value is -2.73. The lowest BCUT2D eigenvalue weighted by Gasteiger charge is -2.11. The van der Waals surface area contributed by atoms with Gasteiger partial charge in [0.15, 0.2) is 6.61 Å². The molecule has 0 saturated heterocycles. The predicted octanol–water partition coefficient (Wildman–Crippen LogP) is 3.15. The minimum atomic E-state index is -0.623. The maximum atomic E-state index is 11.9. The first-order valence-electron chi connectivity index (χ1n) is 6.98. The Morgan fingerprint density at radius 3 is 2.58 bits per heavy atom. The lowest BCUT2D eigenvalue weighted by molar-refractivity contribution is -0.119. The van der Waals surface area contributed by atoms with Crippen LogP contribution in [0.1, 0.15) is 10.4 Å². The molecule has 1 N–H and O–H groups in total. The van der Waals surface area contributed by atoms with Crippen molar-refractivity contribution in [2.24, 2.45) is 0 Å². The van der Waals surface area contributed by atoms with Gasteiger partial charge in [-0.05, 0) is 36.4 Å². The molecule has 0 spiro atoms. The van der Waals surface area contributed by atoms with E-state index < -0.39 is 18.5 Å². The number of benzene rings is 2. The number of amides is 1. The van der Waals surface area contributed by atoms with Gasteiger partial charge in [-0.25, -0.2) is 4.79 Å². The van der Waals surface area contributed by atoms with Crippen LogP contribution >= 0.6 is 11.6 Å². The van der Waals surface area contributed by atoms with Crippen LogP contribution < -0.4 is 14.8 Å². The van der Waals surface area contributed by atoms with Crippen molar-refractivity contribution in [3.8, 4) is 11.5 Å². The number of carbonyl (C=O) groups excluding carboxylic acids is 2. The molecule has 0 aromatic heterocycles. The van der Waals surface area contributed by atoms with Crippen molar-refractivity contribution in [1.29, 1.82) is 0 Å². The maximum absolute atomic E-state index is 11.9. The summed E-state index contributed by atoms with van der Waals surface area (Å²) in [4.78, 5) is 23.9. The van der Waals surface area contributed by atoms with Crippen molar-refractivity contribution < 1.29 is 23.8 Å². The van der Waals surface area contributed by atoms with E-state index in [2.05, 4.69) is 5.32 Å². The van der Waals surface area contributed by atoms with Gasteiger partial charge in [-0.15, -0.1) is 0 Å². The summed E-state index contributed by atoms with van der Waals surface area (Å²) in [6.07, 6.45) is 0. The van der Waals surface area contributed by atoms with E-state index in [0.29, 0.717) is 27.8 Å². The molecule has 0 atom stereocenters. The summed E-state index contributed by atoms with van der Waals surface area (Å²) < 4.78 is 15.1. The second-order valence-corrected chi connectivity index (χ2v) is 5.14. The zero-order valence-electron chi connectivity index (χ0n) is 13.2. The molecule has 0 aliphatic carbocycles. The molecular formula is C17H16ClNO5. The van der Waals surface area contributed by atoms with Gasteiger partial charge >= 0.3 is 5.97 Å². The van der Waals surface area contributed by atoms with Crippen molar-refractivity contribution in [1.82, 2.24) is 0 Å². The number of anilines is 1. The normalized spacial score (nSPS) is 9.96. The first kappa shape index (κ1) is 17.6. The van der Waals surface area contributed by atoms with E-state index in [1.807, 2.05) is 0 Å². The van der Waals surface area contributed by atoms with Gasteiger partial charge in [-0.1, -0.05) is 17.7 Å². The molecule has 0 bridgehead atoms. The van der Waals surface area contributed by atoms with Gasteiger partial charge in [-0.2, -0.15) is 0 Å². The van der Waals surface area contributed by atoms with Gasteiger partial charge in [0.2, 0.25) is 0 Å². The summed E-state index contributed by atoms with van der Waals surface area (Å²) in [5, 5.41) is 3.03. The lowest BCUT2D eigenvalue weighted by atomic mass is 10.2. The SMILES string of the molecule is COc1cccc(C(=O)OCC(=O)Nc2cc(Cl)ccc2OC)c1. The number of ether oxygens (including phenoxy) is 3. The fourth-order valence-corrected chi connectivity index (χ4v) is 2.10. The summed E-state index contributed by atoms with van der Waals surface area (Å²) >= 11 is 5.89. The minimum absolute atomic E-state index is 0.294. The van der Waals surface area contributed by atoms with Gasteiger partial charge in [0, 0.05) is 5.02 Å². The van der Waals surface area contributed by atoms with Crippen molar-refractivity contribution in [2.45, 2.75) is 0 Å². The number of carbonyl (C=O) groups is 2. The van der Waals surface area contributed by atoms with Crippen LogP contribution in [-0.4, -0.2) is 32.7 Å². The molecule has 6 nitrogen and oxygen atoms in total. The Kier molecular flexibility index (Phi) is 6.03. The van der Waals surface area contributed by atoms with Crippen LogP contribution in [0, 0.1) is 0 Å². The van der Waals surface area contributed by atoms with E-state index in [1.54, 1.807) is 36.4 Å². The molecule has 2 aromatic carbocycles. The lowest BCUT2D eigenvalue weighted by Crippen LogP contribution is -2.21. The van der Waals surface area contributed by atoms with Crippen LogP contribution in [0.5, 0.6) is 11.5 Å². The summed E-state index contributed by atoms with van der Waals surface area (Å²) in [5.41, 5.74) is 0.690. The Labute approximate surface area is 144 Å². The average molecular weight is 350 g/mol. The van der Waals surface area contributed by atoms with E-state index in [4.69, 9.17) is 25.8 Å². The van der Waals surface area contributed by atoms with Gasteiger partial charge in [-0.3, -0.25) is 4.79 Å². The van der Waals surface area contributed by atoms with Crippen LogP contribution in [0.4, 0.5) is 5.69 Å². The predicted molar refractivity (Wildman–Crippen MR) is 89.9 cm³/mol. The second-order valence-electron chi connectivity index (χ2n) is 4.70. The summed E-state index contributed by atoms with van der Waals surface area (Å²) in [5.74, 6) is -0.154. The Morgan fingerprint density at radius 2 is 1.88 bits per heavy atom. The summed E-state index contributed by atoms with van der Waals surface area (Å²) in [6, 6.07) is 11.3. The number of methoxy groups -OCH3 is 2. The first-order valence-corrected chi connectivity index (χ1v) is 7.36. The maximum Gasteiger partial charge on any atom is 0.338 e. The third-order valence-corrected chi connectivity index (χ3v) is 3.31. The van der Waals surface area contributed by atoms with Crippen molar-refractivity contribution in [2.75, 3.05) is 26.1 Å². The fourth-order valence-electron chi connectivity index (χ4n) is 1.93. The van der Waals surface area contributed by atoms with E-state index >= 15 is 0 Å². The molecule has 2 aromatic rings. The third-order valence-electron chi connectivity index (χ3n) is 3.08. The number of halogens is 1. The molecule has 24 heavy (non-hydrogen) atoms. The number of rotatable bonds is 6. The van der Waals surface area contributed by atoms with E-state index in [0.717, 1.165) is 0 Å². The number of nitrogens with one attached hydrogen (secondary N) is 1. The number of esters is 1. The van der Waals surface area contributed by atoms with Crippen molar-refractivity contribution in [3.63, 3.8) is 0 Å². The molecule has 0 fully saturated rings. The second kappa shape index (κ2) is 8.21. The molecule has 126 valence electrons. The third kappa shape index (κ3) is 4.63.